The number of hydrogen-bond acceptors (Lipinski definition) is 7. The maximum Gasteiger partial charge on any atom is 0.300 e. The van der Waals surface area contributed by atoms with Crippen LogP contribution < -0.4 is 19.1 Å². The SMILES string of the molecule is COc1ccc(/C(O)=C2/C(=O)C(=O)N(c3ccc(OCc4ccccc4)cc3)C2c2ccccn2)c(OC)c1. The summed E-state index contributed by atoms with van der Waals surface area (Å²) in [6.07, 6.45) is 1.57. The lowest BCUT2D eigenvalue weighted by atomic mass is 9.97. The van der Waals surface area contributed by atoms with E-state index in [1.165, 1.54) is 19.1 Å². The van der Waals surface area contributed by atoms with Gasteiger partial charge in [0, 0.05) is 18.0 Å². The van der Waals surface area contributed by atoms with Crippen LogP contribution in [0.3, 0.4) is 0 Å². The van der Waals surface area contributed by atoms with Crippen LogP contribution in [0.2, 0.25) is 0 Å². The molecule has 1 fully saturated rings. The summed E-state index contributed by atoms with van der Waals surface area (Å²) in [7, 11) is 2.96. The van der Waals surface area contributed by atoms with E-state index in [-0.39, 0.29) is 22.6 Å². The van der Waals surface area contributed by atoms with Crippen LogP contribution in [0.4, 0.5) is 5.69 Å². The van der Waals surface area contributed by atoms with Gasteiger partial charge in [-0.2, -0.15) is 0 Å². The summed E-state index contributed by atoms with van der Waals surface area (Å²) in [5.74, 6) is -0.564. The summed E-state index contributed by atoms with van der Waals surface area (Å²) in [4.78, 5) is 32.6. The number of aliphatic hydroxyl groups excluding tert-OH is 1. The van der Waals surface area contributed by atoms with Crippen molar-refractivity contribution in [1.82, 2.24) is 4.98 Å². The Kier molecular flexibility index (Phi) is 7.27. The lowest BCUT2D eigenvalue weighted by Crippen LogP contribution is -2.29. The molecule has 0 spiro atoms. The fourth-order valence-corrected chi connectivity index (χ4v) is 4.50. The molecule has 3 aromatic carbocycles. The number of methoxy groups -OCH3 is 2. The van der Waals surface area contributed by atoms with E-state index in [0.717, 1.165) is 5.56 Å². The van der Waals surface area contributed by atoms with E-state index in [4.69, 9.17) is 14.2 Å². The van der Waals surface area contributed by atoms with Crippen molar-refractivity contribution in [2.45, 2.75) is 12.6 Å². The minimum atomic E-state index is -0.964. The molecule has 1 atom stereocenters. The zero-order valence-corrected chi connectivity index (χ0v) is 21.4. The van der Waals surface area contributed by atoms with E-state index in [2.05, 4.69) is 4.98 Å². The van der Waals surface area contributed by atoms with E-state index in [0.29, 0.717) is 29.5 Å². The molecule has 1 aromatic heterocycles. The molecular weight excluding hydrogens is 496 g/mol. The second kappa shape index (κ2) is 11.1. The third-order valence-corrected chi connectivity index (χ3v) is 6.44. The summed E-state index contributed by atoms with van der Waals surface area (Å²) in [6, 6.07) is 25.7. The average molecular weight is 523 g/mol. The Labute approximate surface area is 225 Å². The molecule has 1 N–H and O–H groups in total. The Bertz CT molecular complexity index is 1520. The van der Waals surface area contributed by atoms with Gasteiger partial charge in [0.2, 0.25) is 0 Å². The molecular formula is C31H26N2O6. The third-order valence-electron chi connectivity index (χ3n) is 6.44. The van der Waals surface area contributed by atoms with Crippen molar-refractivity contribution in [3.63, 3.8) is 0 Å². The summed E-state index contributed by atoms with van der Waals surface area (Å²) in [5, 5.41) is 11.4. The molecule has 2 heterocycles. The van der Waals surface area contributed by atoms with Crippen LogP contribution in [-0.2, 0) is 16.2 Å². The number of carbonyl (C=O) groups is 2. The first-order chi connectivity index (χ1) is 19.0. The number of amides is 1. The number of aromatic nitrogens is 1. The largest absolute Gasteiger partial charge is 0.507 e. The van der Waals surface area contributed by atoms with Crippen LogP contribution in [0.5, 0.6) is 17.2 Å². The van der Waals surface area contributed by atoms with Gasteiger partial charge >= 0.3 is 0 Å². The second-order valence-electron chi connectivity index (χ2n) is 8.76. The average Bonchev–Trinajstić information content (AvgIpc) is 3.26. The highest BCUT2D eigenvalue weighted by Crippen LogP contribution is 2.43. The van der Waals surface area contributed by atoms with Crippen molar-refractivity contribution in [2.75, 3.05) is 19.1 Å². The molecule has 1 aliphatic heterocycles. The number of ketones is 1. The van der Waals surface area contributed by atoms with E-state index in [1.54, 1.807) is 66.9 Å². The number of aliphatic hydroxyl groups is 1. The zero-order valence-electron chi connectivity index (χ0n) is 21.4. The first-order valence-corrected chi connectivity index (χ1v) is 12.2. The van der Waals surface area contributed by atoms with E-state index in [9.17, 15) is 14.7 Å². The van der Waals surface area contributed by atoms with Crippen molar-refractivity contribution < 1.29 is 28.9 Å². The maximum atomic E-state index is 13.4. The summed E-state index contributed by atoms with van der Waals surface area (Å²) < 4.78 is 16.6. The van der Waals surface area contributed by atoms with Crippen molar-refractivity contribution in [3.8, 4) is 17.2 Å². The van der Waals surface area contributed by atoms with E-state index in [1.807, 2.05) is 30.3 Å². The maximum absolute atomic E-state index is 13.4. The van der Waals surface area contributed by atoms with Crippen molar-refractivity contribution in [3.05, 3.63) is 120 Å². The topological polar surface area (TPSA) is 98.2 Å². The zero-order chi connectivity index (χ0) is 27.4. The monoisotopic (exact) mass is 522 g/mol. The van der Waals surface area contributed by atoms with Gasteiger partial charge in [0.05, 0.1) is 31.1 Å². The van der Waals surface area contributed by atoms with Crippen LogP contribution in [0.25, 0.3) is 5.76 Å². The Morgan fingerprint density at radius 3 is 2.26 bits per heavy atom. The lowest BCUT2D eigenvalue weighted by Gasteiger charge is -2.25. The predicted octanol–water partition coefficient (Wildman–Crippen LogP) is 5.30. The Hall–Kier alpha value is -5.11. The highest BCUT2D eigenvalue weighted by molar-refractivity contribution is 6.51. The third kappa shape index (κ3) is 5.04. The van der Waals surface area contributed by atoms with Gasteiger partial charge in [-0.15, -0.1) is 0 Å². The van der Waals surface area contributed by atoms with Gasteiger partial charge in [0.25, 0.3) is 11.7 Å². The number of anilines is 1. The van der Waals surface area contributed by atoms with Crippen LogP contribution >= 0.6 is 0 Å². The molecule has 1 amide bonds. The van der Waals surface area contributed by atoms with Crippen molar-refractivity contribution >= 4 is 23.1 Å². The molecule has 39 heavy (non-hydrogen) atoms. The van der Waals surface area contributed by atoms with Gasteiger partial charge in [0.1, 0.15) is 35.7 Å². The van der Waals surface area contributed by atoms with Crippen LogP contribution in [0, 0.1) is 0 Å². The fourth-order valence-electron chi connectivity index (χ4n) is 4.50. The summed E-state index contributed by atoms with van der Waals surface area (Å²) in [5.41, 5.74) is 2.07. The number of benzene rings is 3. The van der Waals surface area contributed by atoms with Gasteiger partial charge in [-0.05, 0) is 54.1 Å². The second-order valence-corrected chi connectivity index (χ2v) is 8.76. The number of Topliss-reactive ketones (excluding diaryl/α,β-unsaturated/α-hetero) is 1. The highest BCUT2D eigenvalue weighted by Gasteiger charge is 2.47. The number of rotatable bonds is 8. The number of nitrogens with zero attached hydrogens (tertiary/aromatic N) is 2. The summed E-state index contributed by atoms with van der Waals surface area (Å²) in [6.45, 7) is 0.391. The first-order valence-electron chi connectivity index (χ1n) is 12.2. The first kappa shape index (κ1) is 25.5. The van der Waals surface area contributed by atoms with Gasteiger partial charge in [-0.25, -0.2) is 0 Å². The van der Waals surface area contributed by atoms with Gasteiger partial charge in [-0.1, -0.05) is 36.4 Å². The Morgan fingerprint density at radius 2 is 1.59 bits per heavy atom. The minimum absolute atomic E-state index is 0.0911. The molecule has 1 unspecified atom stereocenters. The molecule has 0 bridgehead atoms. The number of ether oxygens (including phenoxy) is 3. The quantitative estimate of drug-likeness (QED) is 0.190. The molecule has 0 aliphatic carbocycles. The van der Waals surface area contributed by atoms with Crippen LogP contribution in [-0.4, -0.2) is 36.0 Å². The Balaban J connectivity index is 1.54. The molecule has 8 nitrogen and oxygen atoms in total. The van der Waals surface area contributed by atoms with Crippen molar-refractivity contribution in [2.24, 2.45) is 0 Å². The molecule has 5 rings (SSSR count). The number of hydrogen-bond donors (Lipinski definition) is 1. The van der Waals surface area contributed by atoms with Gasteiger partial charge in [0.15, 0.2) is 0 Å². The fraction of sp³-hybridized carbons (Fsp3) is 0.129. The van der Waals surface area contributed by atoms with Gasteiger partial charge in [-0.3, -0.25) is 19.5 Å². The standard InChI is InChI=1S/C31H26N2O6/c1-37-23-15-16-24(26(18-23)38-2)29(34)27-28(25-10-6-7-17-32-25)33(31(36)30(27)35)21-11-13-22(14-12-21)39-19-20-8-4-3-5-9-20/h3-18,28,34H,19H2,1-2H3/b29-27-. The molecule has 1 aliphatic rings. The molecule has 0 saturated carbocycles. The smallest absolute Gasteiger partial charge is 0.300 e. The van der Waals surface area contributed by atoms with E-state index < -0.39 is 17.7 Å². The molecule has 1 saturated heterocycles. The molecule has 4 aromatic rings. The molecule has 8 heteroatoms. The van der Waals surface area contributed by atoms with E-state index >= 15 is 0 Å². The number of carbonyl (C=O) groups excluding carboxylic acids is 2. The van der Waals surface area contributed by atoms with Crippen molar-refractivity contribution in [1.29, 1.82) is 0 Å². The lowest BCUT2D eigenvalue weighted by molar-refractivity contribution is -0.132. The van der Waals surface area contributed by atoms with Gasteiger partial charge < -0.3 is 19.3 Å². The number of pyridine rings is 1. The van der Waals surface area contributed by atoms with Crippen LogP contribution in [0.1, 0.15) is 22.9 Å². The summed E-state index contributed by atoms with van der Waals surface area (Å²) >= 11 is 0. The minimum Gasteiger partial charge on any atom is -0.507 e. The Morgan fingerprint density at radius 1 is 0.872 bits per heavy atom. The molecule has 196 valence electrons. The van der Waals surface area contributed by atoms with Crippen LogP contribution in [0.15, 0.2) is 103 Å². The predicted molar refractivity (Wildman–Crippen MR) is 146 cm³/mol. The normalized spacial score (nSPS) is 16.3. The molecule has 0 radical (unpaired) electrons. The highest BCUT2D eigenvalue weighted by atomic mass is 16.5.